The maximum atomic E-state index is 13.6. The van der Waals surface area contributed by atoms with Gasteiger partial charge in [-0.1, -0.05) is 13.8 Å². The Balaban J connectivity index is 2.84. The summed E-state index contributed by atoms with van der Waals surface area (Å²) in [5, 5.41) is 0. The molecular formula is C9H18FN. The Kier molecular flexibility index (Phi) is 1.61. The molecule has 0 aliphatic heterocycles. The highest BCUT2D eigenvalue weighted by Gasteiger charge is 2.68. The van der Waals surface area contributed by atoms with Crippen LogP contribution in [0.4, 0.5) is 4.39 Å². The second-order valence-electron chi connectivity index (χ2n) is 4.82. The van der Waals surface area contributed by atoms with Gasteiger partial charge in [0.15, 0.2) is 0 Å². The molecule has 0 aromatic rings. The van der Waals surface area contributed by atoms with Crippen LogP contribution in [0.5, 0.6) is 0 Å². The summed E-state index contributed by atoms with van der Waals surface area (Å²) >= 11 is 0. The zero-order chi connectivity index (χ0) is 8.91. The Hall–Kier alpha value is -0.110. The molecular weight excluding hydrogens is 141 g/mol. The zero-order valence-electron chi connectivity index (χ0n) is 7.87. The lowest BCUT2D eigenvalue weighted by Gasteiger charge is -2.29. The van der Waals surface area contributed by atoms with Crippen LogP contribution in [0.15, 0.2) is 0 Å². The van der Waals surface area contributed by atoms with Crippen LogP contribution in [-0.4, -0.2) is 12.2 Å². The molecule has 1 unspecified atom stereocenters. The average Bonchev–Trinajstić information content (AvgIpc) is 2.33. The first-order chi connectivity index (χ1) is 4.77. The molecule has 1 rings (SSSR count). The lowest BCUT2D eigenvalue weighted by atomic mass is 9.82. The van der Waals surface area contributed by atoms with Gasteiger partial charge in [0.2, 0.25) is 0 Å². The van der Waals surface area contributed by atoms with Crippen LogP contribution in [0.25, 0.3) is 0 Å². The zero-order valence-corrected chi connectivity index (χ0v) is 7.87. The minimum absolute atomic E-state index is 0.0972. The topological polar surface area (TPSA) is 26.0 Å². The third-order valence-corrected chi connectivity index (χ3v) is 3.40. The first-order valence-corrected chi connectivity index (χ1v) is 4.16. The van der Waals surface area contributed by atoms with Crippen molar-refractivity contribution in [2.75, 3.05) is 6.54 Å². The summed E-state index contributed by atoms with van der Waals surface area (Å²) in [6, 6.07) is 0. The second kappa shape index (κ2) is 1.98. The van der Waals surface area contributed by atoms with E-state index in [1.807, 2.05) is 0 Å². The van der Waals surface area contributed by atoms with Crippen molar-refractivity contribution in [3.8, 4) is 0 Å². The standard InChI is InChI=1S/C9H18FN/c1-7(2)5-9(7,6-11)8(3,4)10/h5-6,11H2,1-4H3. The van der Waals surface area contributed by atoms with Crippen LogP contribution < -0.4 is 5.73 Å². The molecule has 1 nitrogen and oxygen atoms in total. The molecule has 2 heteroatoms. The molecule has 0 aromatic carbocycles. The van der Waals surface area contributed by atoms with Crippen molar-refractivity contribution in [2.24, 2.45) is 16.6 Å². The Morgan fingerprint density at radius 2 is 1.82 bits per heavy atom. The molecule has 1 saturated carbocycles. The highest BCUT2D eigenvalue weighted by Crippen LogP contribution is 2.68. The molecule has 0 heterocycles. The molecule has 66 valence electrons. The fourth-order valence-corrected chi connectivity index (χ4v) is 2.32. The van der Waals surface area contributed by atoms with Crippen LogP contribution >= 0.6 is 0 Å². The Labute approximate surface area is 68.2 Å². The average molecular weight is 159 g/mol. The molecule has 0 bridgehead atoms. The SMILES string of the molecule is CC(C)(F)C1(CN)CC1(C)C. The number of nitrogens with two attached hydrogens (primary N) is 1. The Morgan fingerprint density at radius 3 is 1.82 bits per heavy atom. The van der Waals surface area contributed by atoms with E-state index < -0.39 is 5.67 Å². The van der Waals surface area contributed by atoms with Crippen molar-refractivity contribution in [1.82, 2.24) is 0 Å². The van der Waals surface area contributed by atoms with Crippen molar-refractivity contribution in [3.63, 3.8) is 0 Å². The van der Waals surface area contributed by atoms with E-state index in [1.54, 1.807) is 13.8 Å². The van der Waals surface area contributed by atoms with Gasteiger partial charge in [-0.05, 0) is 25.7 Å². The van der Waals surface area contributed by atoms with Crippen molar-refractivity contribution in [1.29, 1.82) is 0 Å². The molecule has 0 spiro atoms. The number of rotatable bonds is 2. The fraction of sp³-hybridized carbons (Fsp3) is 1.00. The molecule has 0 aromatic heterocycles. The van der Waals surface area contributed by atoms with Gasteiger partial charge in [-0.3, -0.25) is 0 Å². The molecule has 1 fully saturated rings. The first-order valence-electron chi connectivity index (χ1n) is 4.16. The fourth-order valence-electron chi connectivity index (χ4n) is 2.32. The highest BCUT2D eigenvalue weighted by atomic mass is 19.1. The van der Waals surface area contributed by atoms with E-state index in [0.717, 1.165) is 6.42 Å². The van der Waals surface area contributed by atoms with Crippen molar-refractivity contribution < 1.29 is 4.39 Å². The summed E-state index contributed by atoms with van der Waals surface area (Å²) in [5.74, 6) is 0. The lowest BCUT2D eigenvalue weighted by molar-refractivity contribution is 0.0829. The minimum Gasteiger partial charge on any atom is -0.330 e. The molecule has 1 atom stereocenters. The van der Waals surface area contributed by atoms with Gasteiger partial charge in [0.05, 0.1) is 0 Å². The van der Waals surface area contributed by atoms with E-state index in [4.69, 9.17) is 5.73 Å². The maximum absolute atomic E-state index is 13.6. The first kappa shape index (κ1) is 8.98. The molecule has 1 aliphatic carbocycles. The third kappa shape index (κ3) is 0.994. The number of hydrogen-bond donors (Lipinski definition) is 1. The van der Waals surface area contributed by atoms with Gasteiger partial charge in [0, 0.05) is 12.0 Å². The van der Waals surface area contributed by atoms with Gasteiger partial charge in [-0.15, -0.1) is 0 Å². The van der Waals surface area contributed by atoms with Gasteiger partial charge in [-0.2, -0.15) is 0 Å². The van der Waals surface area contributed by atoms with E-state index >= 15 is 0 Å². The van der Waals surface area contributed by atoms with Crippen molar-refractivity contribution >= 4 is 0 Å². The van der Waals surface area contributed by atoms with Gasteiger partial charge in [0.25, 0.3) is 0 Å². The minimum atomic E-state index is -1.13. The second-order valence-corrected chi connectivity index (χ2v) is 4.82. The van der Waals surface area contributed by atoms with Gasteiger partial charge >= 0.3 is 0 Å². The largest absolute Gasteiger partial charge is 0.330 e. The number of alkyl halides is 1. The summed E-state index contributed by atoms with van der Waals surface area (Å²) < 4.78 is 13.6. The highest BCUT2D eigenvalue weighted by molar-refractivity contribution is 5.17. The van der Waals surface area contributed by atoms with E-state index in [0.29, 0.717) is 6.54 Å². The van der Waals surface area contributed by atoms with Crippen LogP contribution in [-0.2, 0) is 0 Å². The number of halogens is 1. The summed E-state index contributed by atoms with van der Waals surface area (Å²) in [7, 11) is 0. The monoisotopic (exact) mass is 159 g/mol. The van der Waals surface area contributed by atoms with Crippen molar-refractivity contribution in [2.45, 2.75) is 39.8 Å². The quantitative estimate of drug-likeness (QED) is 0.656. The summed E-state index contributed by atoms with van der Waals surface area (Å²) in [6.45, 7) is 7.90. The summed E-state index contributed by atoms with van der Waals surface area (Å²) in [6.07, 6.45) is 0.917. The molecule has 1 aliphatic rings. The van der Waals surface area contributed by atoms with Crippen LogP contribution in [0.1, 0.15) is 34.1 Å². The van der Waals surface area contributed by atoms with E-state index in [-0.39, 0.29) is 10.8 Å². The van der Waals surface area contributed by atoms with Crippen molar-refractivity contribution in [3.05, 3.63) is 0 Å². The predicted octanol–water partition coefficient (Wildman–Crippen LogP) is 2.11. The van der Waals surface area contributed by atoms with Crippen LogP contribution in [0.2, 0.25) is 0 Å². The normalized spacial score (nSPS) is 35.5. The Bertz CT molecular complexity index is 169. The molecule has 11 heavy (non-hydrogen) atoms. The third-order valence-electron chi connectivity index (χ3n) is 3.40. The predicted molar refractivity (Wildman–Crippen MR) is 45.1 cm³/mol. The van der Waals surface area contributed by atoms with Crippen LogP contribution in [0, 0.1) is 10.8 Å². The molecule has 0 saturated heterocycles. The lowest BCUT2D eigenvalue weighted by Crippen LogP contribution is -2.38. The van der Waals surface area contributed by atoms with Gasteiger partial charge < -0.3 is 5.73 Å². The van der Waals surface area contributed by atoms with Crippen LogP contribution in [0.3, 0.4) is 0 Å². The molecule has 0 amide bonds. The maximum Gasteiger partial charge on any atom is 0.112 e. The van der Waals surface area contributed by atoms with E-state index in [1.165, 1.54) is 0 Å². The summed E-state index contributed by atoms with van der Waals surface area (Å²) in [4.78, 5) is 0. The number of hydrogen-bond acceptors (Lipinski definition) is 1. The van der Waals surface area contributed by atoms with Gasteiger partial charge in [-0.25, -0.2) is 4.39 Å². The molecule has 2 N–H and O–H groups in total. The summed E-state index contributed by atoms with van der Waals surface area (Å²) in [5.41, 5.74) is 4.29. The van der Waals surface area contributed by atoms with Gasteiger partial charge in [0.1, 0.15) is 5.67 Å². The Morgan fingerprint density at radius 1 is 1.45 bits per heavy atom. The van der Waals surface area contributed by atoms with E-state index in [9.17, 15) is 4.39 Å². The van der Waals surface area contributed by atoms with E-state index in [2.05, 4.69) is 13.8 Å². The molecule has 0 radical (unpaired) electrons. The smallest absolute Gasteiger partial charge is 0.112 e.